The Hall–Kier alpha value is -1.95. The van der Waals surface area contributed by atoms with Crippen molar-refractivity contribution in [2.45, 2.75) is 51.1 Å². The number of ether oxygens (including phenoxy) is 1. The lowest BCUT2D eigenvalue weighted by Crippen LogP contribution is -2.46. The molecular formula is C30H42N2O2PSSi+. The first kappa shape index (κ1) is 29.6. The Morgan fingerprint density at radius 3 is 1.65 bits per heavy atom. The van der Waals surface area contributed by atoms with Gasteiger partial charge in [-0.05, 0) is 56.3 Å². The molecule has 0 saturated heterocycles. The minimum absolute atomic E-state index is 0.220. The monoisotopic (exact) mass is 553 g/mol. The first-order chi connectivity index (χ1) is 17.6. The average Bonchev–Trinajstić information content (AvgIpc) is 2.87. The highest BCUT2D eigenvalue weighted by atomic mass is 32.1. The molecule has 37 heavy (non-hydrogen) atoms. The second-order valence-electron chi connectivity index (χ2n) is 10.6. The van der Waals surface area contributed by atoms with E-state index in [0.717, 1.165) is 11.9 Å². The molecule has 2 unspecified atom stereocenters. The van der Waals surface area contributed by atoms with Crippen LogP contribution in [-0.4, -0.2) is 55.0 Å². The lowest BCUT2D eigenvalue weighted by molar-refractivity contribution is -0.0162. The number of amidine groups is 1. The number of aliphatic hydroxyl groups is 1. The molecule has 3 aromatic rings. The molecular weight excluding hydrogens is 511 g/mol. The molecule has 0 aliphatic heterocycles. The van der Waals surface area contributed by atoms with Gasteiger partial charge in [-0.2, -0.15) is 12.6 Å². The zero-order valence-electron chi connectivity index (χ0n) is 22.8. The summed E-state index contributed by atoms with van der Waals surface area (Å²) in [5, 5.41) is 14.5. The summed E-state index contributed by atoms with van der Waals surface area (Å²) in [4.78, 5) is 6.89. The number of rotatable bonds is 12. The lowest BCUT2D eigenvalue weighted by atomic mass is 10.3. The van der Waals surface area contributed by atoms with E-state index in [-0.39, 0.29) is 5.37 Å². The van der Waals surface area contributed by atoms with Crippen LogP contribution >= 0.6 is 19.9 Å². The first-order valence-corrected chi connectivity index (χ1v) is 19.2. The molecule has 0 aliphatic rings. The second-order valence-corrected chi connectivity index (χ2v) is 20.5. The maximum atomic E-state index is 10.9. The smallest absolute Gasteiger partial charge is 0.143 e. The van der Waals surface area contributed by atoms with Crippen molar-refractivity contribution in [3.05, 3.63) is 91.0 Å². The van der Waals surface area contributed by atoms with Crippen LogP contribution in [0.25, 0.3) is 0 Å². The Kier molecular flexibility index (Phi) is 11.0. The van der Waals surface area contributed by atoms with Crippen molar-refractivity contribution < 1.29 is 9.84 Å². The van der Waals surface area contributed by atoms with E-state index in [1.165, 1.54) is 15.9 Å². The van der Waals surface area contributed by atoms with Gasteiger partial charge in [-0.25, -0.2) is 0 Å². The van der Waals surface area contributed by atoms with Crippen molar-refractivity contribution in [3.8, 4) is 0 Å². The minimum atomic E-state index is -2.19. The van der Waals surface area contributed by atoms with Gasteiger partial charge in [0.25, 0.3) is 0 Å². The van der Waals surface area contributed by atoms with Crippen LogP contribution in [0.4, 0.5) is 0 Å². The lowest BCUT2D eigenvalue weighted by Gasteiger charge is -2.34. The van der Waals surface area contributed by atoms with Gasteiger partial charge >= 0.3 is 0 Å². The third-order valence-electron chi connectivity index (χ3n) is 6.31. The molecule has 0 aromatic heterocycles. The SMILES string of the molecule is CC(S)N=C(C[P+](c1ccccc1)(c1ccccc1)c1ccccc1)N(COCC[Si](C)(C)C)C(C)O. The van der Waals surface area contributed by atoms with Crippen LogP contribution in [0.3, 0.4) is 0 Å². The van der Waals surface area contributed by atoms with Crippen LogP contribution in [0.5, 0.6) is 0 Å². The van der Waals surface area contributed by atoms with E-state index in [0.29, 0.717) is 19.5 Å². The molecule has 198 valence electrons. The summed E-state index contributed by atoms with van der Waals surface area (Å²) < 4.78 is 6.13. The van der Waals surface area contributed by atoms with E-state index >= 15 is 0 Å². The van der Waals surface area contributed by atoms with E-state index in [2.05, 4.69) is 123 Å². The van der Waals surface area contributed by atoms with Gasteiger partial charge in [-0.1, -0.05) is 74.2 Å². The number of hydrogen-bond donors (Lipinski definition) is 2. The van der Waals surface area contributed by atoms with Crippen molar-refractivity contribution in [1.82, 2.24) is 4.90 Å². The standard InChI is InChI=1S/C30H41N2O2PSSi/c1-25(36)31-30(32(26(2)33)24-34-21-22-37(3,4)5)23-35(27-15-9-6-10-16-27,28-17-11-7-12-18-28)29-19-13-8-14-20-29/h6-20,25-26,33H,21-24H2,1-5H3/p+1. The topological polar surface area (TPSA) is 45.1 Å². The van der Waals surface area contributed by atoms with E-state index in [9.17, 15) is 5.11 Å². The van der Waals surface area contributed by atoms with Gasteiger partial charge in [-0.3, -0.25) is 4.99 Å². The fourth-order valence-corrected chi connectivity index (χ4v) is 9.40. The number of aliphatic imine (C=N–C) groups is 1. The van der Waals surface area contributed by atoms with Crippen LogP contribution in [0.15, 0.2) is 96.0 Å². The number of benzene rings is 3. The third-order valence-corrected chi connectivity index (χ3v) is 12.4. The second kappa shape index (κ2) is 13.7. The summed E-state index contributed by atoms with van der Waals surface area (Å²) in [6.07, 6.45) is -0.0972. The summed E-state index contributed by atoms with van der Waals surface area (Å²) in [5.74, 6) is 0.815. The predicted octanol–water partition coefficient (Wildman–Crippen LogP) is 5.61. The molecule has 3 rings (SSSR count). The van der Waals surface area contributed by atoms with Gasteiger partial charge in [0.1, 0.15) is 48.1 Å². The summed E-state index contributed by atoms with van der Waals surface area (Å²) in [5.41, 5.74) is 0. The molecule has 0 fully saturated rings. The van der Waals surface area contributed by atoms with Crippen molar-refractivity contribution in [1.29, 1.82) is 0 Å². The molecule has 0 radical (unpaired) electrons. The Morgan fingerprint density at radius 2 is 1.30 bits per heavy atom. The molecule has 0 heterocycles. The highest BCUT2D eigenvalue weighted by molar-refractivity contribution is 7.96. The minimum Gasteiger partial charge on any atom is -0.374 e. The molecule has 0 saturated carbocycles. The van der Waals surface area contributed by atoms with E-state index in [4.69, 9.17) is 9.73 Å². The van der Waals surface area contributed by atoms with Gasteiger partial charge in [0.05, 0.1) is 5.37 Å². The molecule has 1 N–H and O–H groups in total. The summed E-state index contributed by atoms with van der Waals surface area (Å²) in [7, 11) is -3.41. The molecule has 2 atom stereocenters. The van der Waals surface area contributed by atoms with Crippen LogP contribution in [0, 0.1) is 0 Å². The molecule has 3 aromatic carbocycles. The fraction of sp³-hybridized carbons (Fsp3) is 0.367. The van der Waals surface area contributed by atoms with Gasteiger partial charge in [0.2, 0.25) is 0 Å². The van der Waals surface area contributed by atoms with Gasteiger partial charge in [0, 0.05) is 14.7 Å². The van der Waals surface area contributed by atoms with Crippen LogP contribution in [0.2, 0.25) is 25.7 Å². The maximum Gasteiger partial charge on any atom is 0.143 e. The summed E-state index contributed by atoms with van der Waals surface area (Å²) in [6.45, 7) is 11.8. The third kappa shape index (κ3) is 8.26. The Labute approximate surface area is 230 Å². The highest BCUT2D eigenvalue weighted by Gasteiger charge is 2.47. The normalized spacial score (nSPS) is 14.3. The van der Waals surface area contributed by atoms with E-state index in [1.807, 2.05) is 11.8 Å². The molecule has 0 bridgehead atoms. The summed E-state index contributed by atoms with van der Waals surface area (Å²) in [6, 6.07) is 33.3. The van der Waals surface area contributed by atoms with Crippen molar-refractivity contribution in [2.75, 3.05) is 19.5 Å². The predicted molar refractivity (Wildman–Crippen MR) is 168 cm³/mol. The highest BCUT2D eigenvalue weighted by Crippen LogP contribution is 2.55. The van der Waals surface area contributed by atoms with Crippen molar-refractivity contribution in [2.24, 2.45) is 4.99 Å². The molecule has 0 aliphatic carbocycles. The van der Waals surface area contributed by atoms with E-state index in [1.54, 1.807) is 6.92 Å². The summed E-state index contributed by atoms with van der Waals surface area (Å²) >= 11 is 4.64. The zero-order valence-corrected chi connectivity index (χ0v) is 25.6. The van der Waals surface area contributed by atoms with Crippen molar-refractivity contribution >= 4 is 49.7 Å². The first-order valence-electron chi connectivity index (χ1n) is 13.0. The molecule has 4 nitrogen and oxygen atoms in total. The Morgan fingerprint density at radius 1 is 0.865 bits per heavy atom. The van der Waals surface area contributed by atoms with Crippen LogP contribution in [-0.2, 0) is 4.74 Å². The number of aliphatic hydroxyl groups excluding tert-OH is 1. The fourth-order valence-electron chi connectivity index (χ4n) is 4.34. The Balaban J connectivity index is 2.14. The average molecular weight is 554 g/mol. The zero-order chi connectivity index (χ0) is 26.9. The number of nitrogens with zero attached hydrogens (tertiary/aromatic N) is 2. The van der Waals surface area contributed by atoms with Gasteiger partial charge in [-0.15, -0.1) is 0 Å². The van der Waals surface area contributed by atoms with Crippen LogP contribution < -0.4 is 15.9 Å². The maximum absolute atomic E-state index is 10.9. The quantitative estimate of drug-likeness (QED) is 0.0583. The van der Waals surface area contributed by atoms with Crippen molar-refractivity contribution in [3.63, 3.8) is 0 Å². The molecule has 0 spiro atoms. The molecule has 0 amide bonds. The van der Waals surface area contributed by atoms with Gasteiger partial charge < -0.3 is 14.7 Å². The van der Waals surface area contributed by atoms with E-state index < -0.39 is 21.6 Å². The van der Waals surface area contributed by atoms with Crippen LogP contribution in [0.1, 0.15) is 13.8 Å². The van der Waals surface area contributed by atoms with Gasteiger partial charge in [0.15, 0.2) is 0 Å². The molecule has 7 heteroatoms. The number of thiol groups is 1. The Bertz CT molecular complexity index is 1010. The number of hydrogen-bond acceptors (Lipinski definition) is 4. The largest absolute Gasteiger partial charge is 0.374 e.